The van der Waals surface area contributed by atoms with Crippen molar-refractivity contribution in [1.29, 1.82) is 0 Å². The highest BCUT2D eigenvalue weighted by atomic mass is 32.2. The second kappa shape index (κ2) is 11.2. The number of hydrogen-bond donors (Lipinski definition) is 2. The number of thiol groups is 1. The van der Waals surface area contributed by atoms with Crippen molar-refractivity contribution in [2.24, 2.45) is 0 Å². The largest absolute Gasteiger partial charge is 0.295 e. The molecule has 0 radical (unpaired) electrons. The summed E-state index contributed by atoms with van der Waals surface area (Å²) in [6.45, 7) is 10.9. The topological polar surface area (TPSA) is 123 Å². The highest BCUT2D eigenvalue weighted by Crippen LogP contribution is 2.37. The van der Waals surface area contributed by atoms with Gasteiger partial charge in [-0.25, -0.2) is 16.8 Å². The summed E-state index contributed by atoms with van der Waals surface area (Å²) in [6.07, 6.45) is 0. The maximum absolute atomic E-state index is 13.3. The van der Waals surface area contributed by atoms with E-state index in [1.54, 1.807) is 39.0 Å². The fraction of sp³-hybridized carbons (Fsp3) is 0.250. The van der Waals surface area contributed by atoms with E-state index in [2.05, 4.69) is 33.4 Å². The van der Waals surface area contributed by atoms with Crippen LogP contribution in [0.5, 0.6) is 0 Å². The van der Waals surface area contributed by atoms with Crippen LogP contribution in [0.3, 0.4) is 0 Å². The SMILES string of the molecule is CC(C)(C)c1ccc(-c2ccc(-c3ccc(S(=O)(=O)c4ccc(S(=O)(=O)C(C)(C)C)cc4)cc3)cc2S(=O)(=O)O)c(S)c1. The smallest absolute Gasteiger partial charge is 0.282 e. The molecule has 0 aliphatic carbocycles. The van der Waals surface area contributed by atoms with Gasteiger partial charge in [-0.15, -0.1) is 12.6 Å². The second-order valence-corrected chi connectivity index (χ2v) is 18.8. The van der Waals surface area contributed by atoms with Crippen molar-refractivity contribution in [3.63, 3.8) is 0 Å². The molecule has 11 heteroatoms. The van der Waals surface area contributed by atoms with E-state index in [-0.39, 0.29) is 30.6 Å². The van der Waals surface area contributed by atoms with E-state index in [1.165, 1.54) is 54.6 Å². The van der Waals surface area contributed by atoms with Crippen molar-refractivity contribution in [1.82, 2.24) is 0 Å². The quantitative estimate of drug-likeness (QED) is 0.165. The van der Waals surface area contributed by atoms with Gasteiger partial charge in [-0.05, 0) is 97.0 Å². The first-order valence-electron chi connectivity index (χ1n) is 13.3. The molecule has 0 unspecified atom stereocenters. The minimum Gasteiger partial charge on any atom is -0.282 e. The lowest BCUT2D eigenvalue weighted by Crippen LogP contribution is -2.27. The summed E-state index contributed by atoms with van der Waals surface area (Å²) in [5.41, 5.74) is 2.68. The van der Waals surface area contributed by atoms with Gasteiger partial charge in [-0.1, -0.05) is 57.2 Å². The summed E-state index contributed by atoms with van der Waals surface area (Å²) in [5.74, 6) is 0. The zero-order chi connectivity index (χ0) is 32.2. The fourth-order valence-electron chi connectivity index (χ4n) is 4.48. The van der Waals surface area contributed by atoms with Gasteiger partial charge in [-0.3, -0.25) is 4.55 Å². The number of rotatable bonds is 6. The summed E-state index contributed by atoms with van der Waals surface area (Å²) in [4.78, 5) is 0.205. The highest BCUT2D eigenvalue weighted by molar-refractivity contribution is 7.93. The molecule has 228 valence electrons. The van der Waals surface area contributed by atoms with Gasteiger partial charge in [-0.2, -0.15) is 8.42 Å². The number of benzene rings is 4. The third-order valence-electron chi connectivity index (χ3n) is 7.16. The Morgan fingerprint density at radius 3 is 1.51 bits per heavy atom. The van der Waals surface area contributed by atoms with Crippen molar-refractivity contribution in [3.05, 3.63) is 90.5 Å². The van der Waals surface area contributed by atoms with Gasteiger partial charge >= 0.3 is 0 Å². The lowest BCUT2D eigenvalue weighted by atomic mass is 9.86. The predicted molar refractivity (Wildman–Crippen MR) is 172 cm³/mol. The van der Waals surface area contributed by atoms with E-state index >= 15 is 0 Å². The summed E-state index contributed by atoms with van der Waals surface area (Å²) in [5, 5.41) is 0. The molecule has 0 amide bonds. The molecule has 43 heavy (non-hydrogen) atoms. The van der Waals surface area contributed by atoms with E-state index < -0.39 is 34.5 Å². The fourth-order valence-corrected chi connectivity index (χ4v) is 8.01. The van der Waals surface area contributed by atoms with Crippen LogP contribution >= 0.6 is 12.6 Å². The molecule has 0 saturated carbocycles. The average Bonchev–Trinajstić information content (AvgIpc) is 2.91. The van der Waals surface area contributed by atoms with Crippen LogP contribution < -0.4 is 0 Å². The molecule has 0 atom stereocenters. The zero-order valence-corrected chi connectivity index (χ0v) is 28.0. The maximum atomic E-state index is 13.3. The minimum atomic E-state index is -4.63. The van der Waals surface area contributed by atoms with Crippen molar-refractivity contribution in [3.8, 4) is 22.3 Å². The van der Waals surface area contributed by atoms with Crippen LogP contribution in [0.2, 0.25) is 0 Å². The third-order valence-corrected chi connectivity index (χ3v) is 12.7. The van der Waals surface area contributed by atoms with E-state index in [9.17, 15) is 29.8 Å². The van der Waals surface area contributed by atoms with Crippen LogP contribution in [0.4, 0.5) is 0 Å². The molecule has 4 rings (SSSR count). The predicted octanol–water partition coefficient (Wildman–Crippen LogP) is 7.26. The van der Waals surface area contributed by atoms with E-state index in [4.69, 9.17) is 0 Å². The van der Waals surface area contributed by atoms with Gasteiger partial charge in [0.05, 0.1) is 19.4 Å². The maximum Gasteiger partial charge on any atom is 0.295 e. The van der Waals surface area contributed by atoms with E-state index in [0.717, 1.165) is 5.56 Å². The van der Waals surface area contributed by atoms with Crippen molar-refractivity contribution in [2.45, 2.75) is 76.2 Å². The molecule has 0 aliphatic rings. The Morgan fingerprint density at radius 2 is 1.05 bits per heavy atom. The highest BCUT2D eigenvalue weighted by Gasteiger charge is 2.31. The summed E-state index contributed by atoms with van der Waals surface area (Å²) in [6, 6.07) is 21.1. The lowest BCUT2D eigenvalue weighted by molar-refractivity contribution is 0.483. The molecule has 0 aromatic heterocycles. The molecule has 0 heterocycles. The van der Waals surface area contributed by atoms with Gasteiger partial charge in [0.15, 0.2) is 9.84 Å². The van der Waals surface area contributed by atoms with Crippen LogP contribution in [0.15, 0.2) is 109 Å². The first-order chi connectivity index (χ1) is 19.6. The monoisotopic (exact) mass is 658 g/mol. The van der Waals surface area contributed by atoms with Crippen molar-refractivity contribution in [2.75, 3.05) is 0 Å². The molecule has 4 aromatic carbocycles. The lowest BCUT2D eigenvalue weighted by Gasteiger charge is -2.21. The Hall–Kier alpha value is -2.96. The third kappa shape index (κ3) is 6.61. The minimum absolute atomic E-state index is 0.0204. The number of hydrogen-bond acceptors (Lipinski definition) is 7. The molecular formula is C32H34O7S4. The first-order valence-corrected chi connectivity index (χ1v) is 18.1. The summed E-state index contributed by atoms with van der Waals surface area (Å²) >= 11 is 4.59. The van der Waals surface area contributed by atoms with Crippen LogP contribution in [-0.4, -0.2) is 34.6 Å². The average molecular weight is 659 g/mol. The van der Waals surface area contributed by atoms with Gasteiger partial charge in [0.1, 0.15) is 4.90 Å². The van der Waals surface area contributed by atoms with Gasteiger partial charge in [0.25, 0.3) is 10.1 Å². The normalized spacial score (nSPS) is 13.2. The van der Waals surface area contributed by atoms with Crippen LogP contribution in [0.1, 0.15) is 47.1 Å². The molecule has 1 N–H and O–H groups in total. The van der Waals surface area contributed by atoms with Gasteiger partial charge < -0.3 is 0 Å². The van der Waals surface area contributed by atoms with Crippen LogP contribution in [-0.2, 0) is 35.2 Å². The molecule has 0 spiro atoms. The van der Waals surface area contributed by atoms with Crippen molar-refractivity contribution >= 4 is 42.4 Å². The zero-order valence-electron chi connectivity index (χ0n) is 24.7. The Kier molecular flexibility index (Phi) is 8.58. The van der Waals surface area contributed by atoms with E-state index in [1.807, 2.05) is 12.1 Å². The molecule has 7 nitrogen and oxygen atoms in total. The Labute approximate surface area is 260 Å². The first kappa shape index (κ1) is 32.9. The van der Waals surface area contributed by atoms with Gasteiger partial charge in [0.2, 0.25) is 9.84 Å². The van der Waals surface area contributed by atoms with E-state index in [0.29, 0.717) is 21.6 Å². The standard InChI is InChI=1S/C32H34O7S4/c1-31(2,3)23-10-18-27(29(40)20-23)28-17-9-22(19-30(28)43(37,38)39)21-7-11-24(12-8-21)41(33,34)25-13-15-26(16-14-25)42(35,36)32(4,5)6/h7-20,40H,1-6H3,(H,37,38,39). The Balaban J connectivity index is 1.70. The van der Waals surface area contributed by atoms with Crippen molar-refractivity contribution < 1.29 is 29.8 Å². The molecule has 0 bridgehead atoms. The molecular weight excluding hydrogens is 625 g/mol. The Bertz CT molecular complexity index is 2010. The molecule has 0 saturated heterocycles. The van der Waals surface area contributed by atoms with Gasteiger partial charge in [0, 0.05) is 10.5 Å². The molecule has 0 fully saturated rings. The summed E-state index contributed by atoms with van der Waals surface area (Å²) in [7, 11) is -12.2. The summed E-state index contributed by atoms with van der Waals surface area (Å²) < 4.78 is 85.9. The Morgan fingerprint density at radius 1 is 0.581 bits per heavy atom. The second-order valence-electron chi connectivity index (χ2n) is 12.3. The molecule has 0 aliphatic heterocycles. The molecule has 4 aromatic rings. The van der Waals surface area contributed by atoms with Crippen LogP contribution in [0.25, 0.3) is 22.3 Å². The number of sulfone groups is 2. The van der Waals surface area contributed by atoms with Crippen LogP contribution in [0, 0.1) is 0 Å².